The Bertz CT molecular complexity index is 1250. The van der Waals surface area contributed by atoms with E-state index in [1.165, 1.54) is 0 Å². The molecule has 0 spiro atoms. The normalized spacial score (nSPS) is 14.2. The highest BCUT2D eigenvalue weighted by molar-refractivity contribution is 5.78. The van der Waals surface area contributed by atoms with Gasteiger partial charge in [0.25, 0.3) is 0 Å². The van der Waals surface area contributed by atoms with E-state index >= 15 is 0 Å². The van der Waals surface area contributed by atoms with Gasteiger partial charge in [-0.25, -0.2) is 4.98 Å². The molecule has 7 heteroatoms. The van der Waals surface area contributed by atoms with Crippen molar-refractivity contribution in [3.8, 4) is 5.75 Å². The number of nitrogens with one attached hydrogen (secondary N) is 1. The van der Waals surface area contributed by atoms with Gasteiger partial charge in [-0.05, 0) is 35.7 Å². The molecule has 1 aliphatic rings. The van der Waals surface area contributed by atoms with Crippen LogP contribution in [-0.2, 0) is 17.8 Å². The quantitative estimate of drug-likeness (QED) is 0.447. The van der Waals surface area contributed by atoms with Crippen LogP contribution < -0.4 is 4.74 Å². The zero-order valence-corrected chi connectivity index (χ0v) is 19.6. The summed E-state index contributed by atoms with van der Waals surface area (Å²) in [4.78, 5) is 19.0. The number of aromatic nitrogens is 3. The Morgan fingerprint density at radius 1 is 1.03 bits per heavy atom. The molecule has 2 N–H and O–H groups in total. The Balaban J connectivity index is 1.42. The monoisotopic (exact) mass is 468 g/mol. The van der Waals surface area contributed by atoms with Gasteiger partial charge in [0, 0.05) is 18.0 Å². The lowest BCUT2D eigenvalue weighted by molar-refractivity contribution is -0.131. The summed E-state index contributed by atoms with van der Waals surface area (Å²) in [5.41, 5.74) is 3.73. The molecule has 0 bridgehead atoms. The predicted molar refractivity (Wildman–Crippen MR) is 132 cm³/mol. The van der Waals surface area contributed by atoms with Gasteiger partial charge < -0.3 is 14.7 Å². The summed E-state index contributed by atoms with van der Waals surface area (Å²) in [5, 5.41) is 18.5. The van der Waals surface area contributed by atoms with Crippen LogP contribution in [0.3, 0.4) is 0 Å². The molecule has 0 unspecified atom stereocenters. The van der Waals surface area contributed by atoms with Crippen LogP contribution in [-0.4, -0.2) is 44.2 Å². The van der Waals surface area contributed by atoms with Crippen molar-refractivity contribution < 1.29 is 14.6 Å². The molecule has 178 valence electrons. The van der Waals surface area contributed by atoms with E-state index in [0.717, 1.165) is 28.0 Å². The van der Waals surface area contributed by atoms with Gasteiger partial charge in [-0.3, -0.25) is 9.89 Å². The van der Waals surface area contributed by atoms with Gasteiger partial charge in [0.05, 0.1) is 19.1 Å². The van der Waals surface area contributed by atoms with Crippen LogP contribution in [0.25, 0.3) is 0 Å². The first kappa shape index (κ1) is 22.8. The number of aromatic amines is 1. The van der Waals surface area contributed by atoms with Crippen molar-refractivity contribution in [1.29, 1.82) is 0 Å². The molecule has 0 aliphatic carbocycles. The van der Waals surface area contributed by atoms with E-state index in [-0.39, 0.29) is 18.2 Å². The summed E-state index contributed by atoms with van der Waals surface area (Å²) in [6.45, 7) is 3.09. The van der Waals surface area contributed by atoms with Gasteiger partial charge in [0.2, 0.25) is 5.91 Å². The van der Waals surface area contributed by atoms with E-state index in [2.05, 4.69) is 15.2 Å². The maximum absolute atomic E-state index is 13.0. The molecule has 1 amide bonds. The van der Waals surface area contributed by atoms with E-state index in [0.29, 0.717) is 31.3 Å². The van der Waals surface area contributed by atoms with Crippen molar-refractivity contribution in [2.24, 2.45) is 0 Å². The zero-order chi connectivity index (χ0) is 24.2. The average molecular weight is 469 g/mol. The van der Waals surface area contributed by atoms with Gasteiger partial charge in [-0.15, -0.1) is 0 Å². The lowest BCUT2D eigenvalue weighted by Crippen LogP contribution is -2.33. The van der Waals surface area contributed by atoms with Gasteiger partial charge in [0.15, 0.2) is 5.82 Å². The smallest absolute Gasteiger partial charge is 0.230 e. The number of aryl methyl sites for hydroxylation is 1. The lowest BCUT2D eigenvalue weighted by Gasteiger charge is -2.25. The number of hydrogen-bond donors (Lipinski definition) is 2. The van der Waals surface area contributed by atoms with E-state index in [1.54, 1.807) is 4.90 Å². The molecular formula is C28H28N4O3. The minimum absolute atomic E-state index is 0.0575. The van der Waals surface area contributed by atoms with Crippen molar-refractivity contribution in [3.05, 3.63) is 113 Å². The first-order valence-corrected chi connectivity index (χ1v) is 11.8. The van der Waals surface area contributed by atoms with Crippen LogP contribution in [0.4, 0.5) is 0 Å². The standard InChI is InChI=1S/C28H28N4O3/c1-19-29-25(31-30-19)17-26(33)32-14-15-35-24-13-12-22(16-23(24)18-32)28(34)27(20-8-4-2-5-9-20)21-10-6-3-7-11-21/h2-13,16,27-28,34H,14-15,17-18H2,1H3,(H,29,30,31)/t28-/m0/s1. The molecule has 1 aromatic heterocycles. The van der Waals surface area contributed by atoms with Crippen molar-refractivity contribution >= 4 is 5.91 Å². The second-order valence-electron chi connectivity index (χ2n) is 8.79. The van der Waals surface area contributed by atoms with Crippen LogP contribution in [0.2, 0.25) is 0 Å². The molecule has 0 radical (unpaired) electrons. The summed E-state index contributed by atoms with van der Waals surface area (Å²) in [7, 11) is 0. The zero-order valence-electron chi connectivity index (χ0n) is 19.6. The van der Waals surface area contributed by atoms with Crippen molar-refractivity contribution in [2.75, 3.05) is 13.2 Å². The Morgan fingerprint density at radius 3 is 2.34 bits per heavy atom. The van der Waals surface area contributed by atoms with Gasteiger partial charge in [-0.1, -0.05) is 66.7 Å². The second kappa shape index (κ2) is 10.1. The molecule has 4 aromatic rings. The van der Waals surface area contributed by atoms with E-state index in [9.17, 15) is 9.90 Å². The lowest BCUT2D eigenvalue weighted by atomic mass is 9.83. The van der Waals surface area contributed by atoms with Gasteiger partial charge in [0.1, 0.15) is 18.2 Å². The summed E-state index contributed by atoms with van der Waals surface area (Å²) in [5.74, 6) is 1.62. The van der Waals surface area contributed by atoms with E-state index in [4.69, 9.17) is 4.74 Å². The molecule has 7 nitrogen and oxygen atoms in total. The van der Waals surface area contributed by atoms with Crippen LogP contribution in [0.5, 0.6) is 5.75 Å². The maximum Gasteiger partial charge on any atom is 0.230 e. The van der Waals surface area contributed by atoms with Gasteiger partial charge in [-0.2, -0.15) is 5.10 Å². The molecule has 0 saturated carbocycles. The highest BCUT2D eigenvalue weighted by Crippen LogP contribution is 2.38. The molecule has 2 heterocycles. The van der Waals surface area contributed by atoms with Crippen LogP contribution in [0.1, 0.15) is 45.9 Å². The fourth-order valence-corrected chi connectivity index (χ4v) is 4.60. The van der Waals surface area contributed by atoms with Crippen molar-refractivity contribution in [3.63, 3.8) is 0 Å². The number of amides is 1. The molecule has 5 rings (SSSR count). The predicted octanol–water partition coefficient (Wildman–Crippen LogP) is 3.94. The molecular weight excluding hydrogens is 440 g/mol. The summed E-state index contributed by atoms with van der Waals surface area (Å²) in [6.07, 6.45) is -0.639. The molecule has 1 atom stereocenters. The van der Waals surface area contributed by atoms with E-state index in [1.807, 2.05) is 85.8 Å². The maximum atomic E-state index is 13.0. The molecule has 0 saturated heterocycles. The highest BCUT2D eigenvalue weighted by Gasteiger charge is 2.27. The van der Waals surface area contributed by atoms with Gasteiger partial charge >= 0.3 is 0 Å². The van der Waals surface area contributed by atoms with E-state index < -0.39 is 6.10 Å². The number of aliphatic hydroxyl groups is 1. The molecule has 35 heavy (non-hydrogen) atoms. The molecule has 0 fully saturated rings. The summed E-state index contributed by atoms with van der Waals surface area (Å²) in [6, 6.07) is 25.8. The minimum atomic E-state index is -0.770. The molecule has 1 aliphatic heterocycles. The first-order valence-electron chi connectivity index (χ1n) is 11.8. The summed E-state index contributed by atoms with van der Waals surface area (Å²) >= 11 is 0. The Morgan fingerprint density at radius 2 is 1.71 bits per heavy atom. The van der Waals surface area contributed by atoms with Crippen molar-refractivity contribution in [2.45, 2.75) is 31.9 Å². The third kappa shape index (κ3) is 5.10. The first-order chi connectivity index (χ1) is 17.1. The number of hydrogen-bond acceptors (Lipinski definition) is 5. The summed E-state index contributed by atoms with van der Waals surface area (Å²) < 4.78 is 5.93. The Labute approximate surface area is 204 Å². The number of rotatable bonds is 6. The number of fused-ring (bicyclic) bond motifs is 1. The highest BCUT2D eigenvalue weighted by atomic mass is 16.5. The largest absolute Gasteiger partial charge is 0.491 e. The fourth-order valence-electron chi connectivity index (χ4n) is 4.60. The topological polar surface area (TPSA) is 91.3 Å². The Kier molecular flexibility index (Phi) is 6.59. The number of nitrogens with zero attached hydrogens (tertiary/aromatic N) is 3. The van der Waals surface area contributed by atoms with Crippen LogP contribution in [0, 0.1) is 6.92 Å². The fraction of sp³-hybridized carbons (Fsp3) is 0.250. The minimum Gasteiger partial charge on any atom is -0.491 e. The van der Waals surface area contributed by atoms with Crippen LogP contribution >= 0.6 is 0 Å². The number of carbonyl (C=O) groups excluding carboxylic acids is 1. The number of benzene rings is 3. The van der Waals surface area contributed by atoms with Crippen LogP contribution in [0.15, 0.2) is 78.9 Å². The number of ether oxygens (including phenoxy) is 1. The number of carbonyl (C=O) groups is 1. The second-order valence-corrected chi connectivity index (χ2v) is 8.79. The average Bonchev–Trinajstić information content (AvgIpc) is 3.17. The third-order valence-electron chi connectivity index (χ3n) is 6.34. The third-order valence-corrected chi connectivity index (χ3v) is 6.34. The number of aliphatic hydroxyl groups excluding tert-OH is 1. The molecule has 3 aromatic carbocycles. The SMILES string of the molecule is Cc1nc(CC(=O)N2CCOc3ccc([C@H](O)C(c4ccccc4)c4ccccc4)cc3C2)n[nH]1. The Hall–Kier alpha value is -3.97. The number of H-pyrrole nitrogens is 1. The van der Waals surface area contributed by atoms with Crippen molar-refractivity contribution in [1.82, 2.24) is 20.1 Å².